The van der Waals surface area contributed by atoms with Gasteiger partial charge in [-0.3, -0.25) is 14.3 Å². The van der Waals surface area contributed by atoms with Crippen LogP contribution in [0.2, 0.25) is 10.0 Å². The van der Waals surface area contributed by atoms with Gasteiger partial charge in [0, 0.05) is 12.7 Å². The van der Waals surface area contributed by atoms with Crippen molar-refractivity contribution >= 4 is 45.9 Å². The van der Waals surface area contributed by atoms with Crippen molar-refractivity contribution in [1.82, 2.24) is 9.55 Å². The van der Waals surface area contributed by atoms with Crippen LogP contribution < -0.4 is 10.5 Å². The van der Waals surface area contributed by atoms with Gasteiger partial charge in [0.25, 0.3) is 5.56 Å². The summed E-state index contributed by atoms with van der Waals surface area (Å²) in [5, 5.41) is 1.33. The molecule has 0 fully saturated rings. The van der Waals surface area contributed by atoms with E-state index in [0.717, 1.165) is 11.1 Å². The van der Waals surface area contributed by atoms with Gasteiger partial charge in [-0.25, -0.2) is 9.78 Å². The maximum absolute atomic E-state index is 12.9. The maximum atomic E-state index is 12.9. The fourth-order valence-corrected chi connectivity index (χ4v) is 3.54. The number of fused-ring (bicyclic) bond motifs is 1. The topological polar surface area (TPSA) is 64.4 Å². The molecule has 0 aliphatic carbocycles. The zero-order valence-electron chi connectivity index (χ0n) is 17.2. The minimum Gasteiger partial charge on any atom is -0.444 e. The van der Waals surface area contributed by atoms with Gasteiger partial charge in [-0.2, -0.15) is 0 Å². The van der Waals surface area contributed by atoms with Gasteiger partial charge in [0.05, 0.1) is 33.8 Å². The van der Waals surface area contributed by atoms with E-state index in [1.165, 1.54) is 15.8 Å². The van der Waals surface area contributed by atoms with Crippen molar-refractivity contribution in [3.8, 4) is 0 Å². The molecule has 0 bridgehead atoms. The van der Waals surface area contributed by atoms with Crippen molar-refractivity contribution in [2.75, 3.05) is 11.9 Å². The molecule has 0 spiro atoms. The first-order valence-corrected chi connectivity index (χ1v) is 10.6. The molecule has 0 saturated carbocycles. The van der Waals surface area contributed by atoms with Crippen molar-refractivity contribution < 1.29 is 9.53 Å². The van der Waals surface area contributed by atoms with Crippen LogP contribution in [-0.4, -0.2) is 22.7 Å². The van der Waals surface area contributed by atoms with Gasteiger partial charge in [-0.1, -0.05) is 59.6 Å². The van der Waals surface area contributed by atoms with Crippen molar-refractivity contribution in [2.45, 2.75) is 13.2 Å². The van der Waals surface area contributed by atoms with Crippen LogP contribution in [0.25, 0.3) is 10.9 Å². The number of hydrogen-bond donors (Lipinski definition) is 0. The van der Waals surface area contributed by atoms with Crippen molar-refractivity contribution in [3.63, 3.8) is 0 Å². The first-order valence-electron chi connectivity index (χ1n) is 9.80. The smallest absolute Gasteiger partial charge is 0.414 e. The summed E-state index contributed by atoms with van der Waals surface area (Å²) in [7, 11) is 1.61. The molecule has 0 saturated heterocycles. The molecule has 4 rings (SSSR count). The Morgan fingerprint density at radius 3 is 2.53 bits per heavy atom. The van der Waals surface area contributed by atoms with E-state index >= 15 is 0 Å². The molecule has 32 heavy (non-hydrogen) atoms. The lowest BCUT2D eigenvalue weighted by Gasteiger charge is -2.17. The average molecular weight is 468 g/mol. The normalized spacial score (nSPS) is 10.8. The molecule has 162 valence electrons. The fraction of sp³-hybridized carbons (Fsp3) is 0.125. The molecular weight excluding hydrogens is 449 g/mol. The third-order valence-corrected chi connectivity index (χ3v) is 5.75. The summed E-state index contributed by atoms with van der Waals surface area (Å²) in [5.74, 6) is 0. The SMILES string of the molecule is CN(C(=O)OCc1ccccc1)c1ccc2c(=O)n(Cc3ccc(Cl)c(Cl)c3)cnc2c1. The number of carbonyl (C=O) groups excluding carboxylic acids is 1. The number of benzene rings is 3. The van der Waals surface area contributed by atoms with Crippen molar-refractivity contribution in [1.29, 1.82) is 0 Å². The summed E-state index contributed by atoms with van der Waals surface area (Å²) >= 11 is 12.0. The zero-order chi connectivity index (χ0) is 22.7. The molecule has 8 heteroatoms. The lowest BCUT2D eigenvalue weighted by molar-refractivity contribution is 0.148. The Balaban J connectivity index is 1.52. The molecule has 0 radical (unpaired) electrons. The van der Waals surface area contributed by atoms with Gasteiger partial charge in [0.2, 0.25) is 0 Å². The lowest BCUT2D eigenvalue weighted by Crippen LogP contribution is -2.27. The van der Waals surface area contributed by atoms with Crippen molar-refractivity contribution in [2.24, 2.45) is 0 Å². The number of rotatable bonds is 5. The second-order valence-electron chi connectivity index (χ2n) is 7.23. The zero-order valence-corrected chi connectivity index (χ0v) is 18.7. The Labute approximate surface area is 194 Å². The predicted octanol–water partition coefficient (Wildman–Crippen LogP) is 5.52. The molecule has 6 nitrogen and oxygen atoms in total. The largest absolute Gasteiger partial charge is 0.444 e. The number of hydrogen-bond acceptors (Lipinski definition) is 4. The Morgan fingerprint density at radius 2 is 1.78 bits per heavy atom. The van der Waals surface area contributed by atoms with Crippen LogP contribution in [0, 0.1) is 0 Å². The van der Waals surface area contributed by atoms with Crippen LogP contribution in [0.1, 0.15) is 11.1 Å². The summed E-state index contributed by atoms with van der Waals surface area (Å²) in [6.45, 7) is 0.487. The molecule has 0 atom stereocenters. The number of anilines is 1. The quantitative estimate of drug-likeness (QED) is 0.387. The number of ether oxygens (including phenoxy) is 1. The van der Waals surface area contributed by atoms with Crippen molar-refractivity contribution in [3.05, 3.63) is 105 Å². The molecule has 4 aromatic rings. The van der Waals surface area contributed by atoms with E-state index in [2.05, 4.69) is 4.98 Å². The lowest BCUT2D eigenvalue weighted by atomic mass is 10.2. The summed E-state index contributed by atoms with van der Waals surface area (Å²) < 4.78 is 6.86. The molecule has 1 heterocycles. The molecular formula is C24H19Cl2N3O3. The van der Waals surface area contributed by atoms with Gasteiger partial charge in [-0.05, 0) is 41.5 Å². The summed E-state index contributed by atoms with van der Waals surface area (Å²) in [6, 6.07) is 19.7. The van der Waals surface area contributed by atoms with E-state index in [1.54, 1.807) is 37.4 Å². The number of amides is 1. The molecule has 0 aliphatic heterocycles. The monoisotopic (exact) mass is 467 g/mol. The van der Waals surface area contributed by atoms with E-state index < -0.39 is 6.09 Å². The number of nitrogens with zero attached hydrogens (tertiary/aromatic N) is 3. The van der Waals surface area contributed by atoms with E-state index in [-0.39, 0.29) is 12.2 Å². The molecule has 1 amide bonds. The van der Waals surface area contributed by atoms with Crippen LogP contribution in [0.5, 0.6) is 0 Å². The van der Waals surface area contributed by atoms with Crippen LogP contribution in [-0.2, 0) is 17.9 Å². The van der Waals surface area contributed by atoms with Gasteiger partial charge in [0.15, 0.2) is 0 Å². The first-order chi connectivity index (χ1) is 15.4. The fourth-order valence-electron chi connectivity index (χ4n) is 3.22. The number of aromatic nitrogens is 2. The maximum Gasteiger partial charge on any atom is 0.414 e. The van der Waals surface area contributed by atoms with E-state index in [0.29, 0.717) is 33.2 Å². The molecule has 3 aromatic carbocycles. The van der Waals surface area contributed by atoms with Gasteiger partial charge < -0.3 is 4.74 Å². The Morgan fingerprint density at radius 1 is 1.00 bits per heavy atom. The second-order valence-corrected chi connectivity index (χ2v) is 8.04. The Hall–Kier alpha value is -3.35. The highest BCUT2D eigenvalue weighted by molar-refractivity contribution is 6.42. The summed E-state index contributed by atoms with van der Waals surface area (Å²) in [6.07, 6.45) is 0.978. The van der Waals surface area contributed by atoms with Gasteiger partial charge >= 0.3 is 6.09 Å². The molecule has 0 unspecified atom stereocenters. The van der Waals surface area contributed by atoms with Crippen LogP contribution in [0.15, 0.2) is 77.9 Å². The highest BCUT2D eigenvalue weighted by Gasteiger charge is 2.14. The summed E-state index contributed by atoms with van der Waals surface area (Å²) in [4.78, 5) is 31.1. The number of halogens is 2. The molecule has 0 aliphatic rings. The predicted molar refractivity (Wildman–Crippen MR) is 127 cm³/mol. The number of carbonyl (C=O) groups is 1. The van der Waals surface area contributed by atoms with Crippen LogP contribution >= 0.6 is 23.2 Å². The molecule has 0 N–H and O–H groups in total. The average Bonchev–Trinajstić information content (AvgIpc) is 2.81. The summed E-state index contributed by atoms with van der Waals surface area (Å²) in [5.41, 5.74) is 2.60. The molecule has 1 aromatic heterocycles. The minimum atomic E-state index is -0.499. The van der Waals surface area contributed by atoms with Gasteiger partial charge in [0.1, 0.15) is 6.61 Å². The Kier molecular flexibility index (Phi) is 6.44. The van der Waals surface area contributed by atoms with E-state index in [9.17, 15) is 9.59 Å². The highest BCUT2D eigenvalue weighted by atomic mass is 35.5. The second kappa shape index (κ2) is 9.42. The first kappa shape index (κ1) is 21.9. The van der Waals surface area contributed by atoms with Crippen LogP contribution in [0.4, 0.5) is 10.5 Å². The van der Waals surface area contributed by atoms with E-state index in [4.69, 9.17) is 27.9 Å². The third kappa shape index (κ3) is 4.77. The standard InChI is InChI=1S/C24H19Cl2N3O3/c1-28(24(31)32-14-16-5-3-2-4-6-16)18-8-9-19-22(12-18)27-15-29(23(19)30)13-17-7-10-20(25)21(26)11-17/h2-12,15H,13-14H2,1H3. The van der Waals surface area contributed by atoms with E-state index in [1.807, 2.05) is 36.4 Å². The van der Waals surface area contributed by atoms with Crippen LogP contribution in [0.3, 0.4) is 0 Å². The van der Waals surface area contributed by atoms with Gasteiger partial charge in [-0.15, -0.1) is 0 Å². The minimum absolute atomic E-state index is 0.176. The Bertz CT molecular complexity index is 1340. The third-order valence-electron chi connectivity index (χ3n) is 5.01. The highest BCUT2D eigenvalue weighted by Crippen LogP contribution is 2.23.